The molecule has 1 unspecified atom stereocenters. The van der Waals surface area contributed by atoms with E-state index in [1.54, 1.807) is 13.0 Å². The zero-order chi connectivity index (χ0) is 20.3. The molecule has 0 saturated carbocycles. The number of amides is 1. The van der Waals surface area contributed by atoms with Gasteiger partial charge in [-0.15, -0.1) is 11.3 Å². The van der Waals surface area contributed by atoms with Crippen LogP contribution in [0.2, 0.25) is 0 Å². The minimum atomic E-state index is -4.63. The van der Waals surface area contributed by atoms with Gasteiger partial charge in [0.25, 0.3) is 11.5 Å². The molecule has 28 heavy (non-hydrogen) atoms. The predicted molar refractivity (Wildman–Crippen MR) is 100 cm³/mol. The summed E-state index contributed by atoms with van der Waals surface area (Å²) in [6.45, 7) is 1.61. The number of hydrogen-bond donors (Lipinski definition) is 1. The van der Waals surface area contributed by atoms with Gasteiger partial charge >= 0.3 is 6.18 Å². The van der Waals surface area contributed by atoms with Gasteiger partial charge in [0.15, 0.2) is 0 Å². The van der Waals surface area contributed by atoms with E-state index in [1.165, 1.54) is 34.2 Å². The first-order valence-corrected chi connectivity index (χ1v) is 9.23. The number of benzene rings is 1. The van der Waals surface area contributed by atoms with Gasteiger partial charge in [0.05, 0.1) is 22.0 Å². The first-order chi connectivity index (χ1) is 13.3. The second kappa shape index (κ2) is 7.97. The lowest BCUT2D eigenvalue weighted by atomic mass is 10.1. The molecule has 0 radical (unpaired) electrons. The van der Waals surface area contributed by atoms with Crippen LogP contribution in [0.3, 0.4) is 0 Å². The van der Waals surface area contributed by atoms with E-state index in [2.05, 4.69) is 10.4 Å². The van der Waals surface area contributed by atoms with Crippen LogP contribution in [0, 0.1) is 0 Å². The van der Waals surface area contributed by atoms with Gasteiger partial charge in [0, 0.05) is 12.6 Å². The summed E-state index contributed by atoms with van der Waals surface area (Å²) in [5.41, 5.74) is -1.22. The van der Waals surface area contributed by atoms with Gasteiger partial charge in [-0.2, -0.15) is 18.3 Å². The van der Waals surface area contributed by atoms with Gasteiger partial charge in [-0.3, -0.25) is 9.59 Å². The molecule has 5 nitrogen and oxygen atoms in total. The number of aromatic nitrogens is 2. The monoisotopic (exact) mass is 407 g/mol. The summed E-state index contributed by atoms with van der Waals surface area (Å²) in [7, 11) is 0. The number of thiophene rings is 1. The second-order valence-electron chi connectivity index (χ2n) is 6.08. The highest BCUT2D eigenvalue weighted by molar-refractivity contribution is 7.13. The Morgan fingerprint density at radius 1 is 1.18 bits per heavy atom. The van der Waals surface area contributed by atoms with Crippen LogP contribution < -0.4 is 10.9 Å². The largest absolute Gasteiger partial charge is 0.417 e. The summed E-state index contributed by atoms with van der Waals surface area (Å²) >= 11 is 1.47. The number of rotatable bonds is 5. The fraction of sp³-hybridized carbons (Fsp3) is 0.211. The van der Waals surface area contributed by atoms with E-state index in [9.17, 15) is 22.8 Å². The maximum Gasteiger partial charge on any atom is 0.417 e. The molecule has 1 N–H and O–H groups in total. The van der Waals surface area contributed by atoms with Gasteiger partial charge < -0.3 is 5.32 Å². The number of nitrogens with zero attached hydrogens (tertiary/aromatic N) is 2. The van der Waals surface area contributed by atoms with Gasteiger partial charge in [0.2, 0.25) is 0 Å². The standard InChI is InChI=1S/C19H16F3N3O2S/c1-12(25-17(26)9-8-15(24-25)16-7-4-10-28-16)11-23-18(27)13-5-2-3-6-14(13)19(20,21)22/h2-10,12H,11H2,1H3,(H,23,27). The van der Waals surface area contributed by atoms with Crippen molar-refractivity contribution in [3.8, 4) is 10.6 Å². The molecule has 9 heteroatoms. The number of halogens is 3. The van der Waals surface area contributed by atoms with Crippen LogP contribution in [-0.2, 0) is 6.18 Å². The summed E-state index contributed by atoms with van der Waals surface area (Å²) < 4.78 is 40.4. The van der Waals surface area contributed by atoms with Crippen LogP contribution >= 0.6 is 11.3 Å². The van der Waals surface area contributed by atoms with E-state index >= 15 is 0 Å². The Labute approximate surface area is 162 Å². The Morgan fingerprint density at radius 2 is 1.93 bits per heavy atom. The zero-order valence-corrected chi connectivity index (χ0v) is 15.6. The third-order valence-corrected chi connectivity index (χ3v) is 4.94. The Bertz CT molecular complexity index is 1030. The lowest BCUT2D eigenvalue weighted by molar-refractivity contribution is -0.137. The van der Waals surface area contributed by atoms with Gasteiger partial charge in [0.1, 0.15) is 5.69 Å². The molecule has 0 aliphatic carbocycles. The van der Waals surface area contributed by atoms with Crippen LogP contribution in [0.25, 0.3) is 10.6 Å². The third-order valence-electron chi connectivity index (χ3n) is 4.05. The fourth-order valence-corrected chi connectivity index (χ4v) is 3.34. The molecule has 0 spiro atoms. The Hall–Kier alpha value is -2.94. The third kappa shape index (κ3) is 4.30. The zero-order valence-electron chi connectivity index (χ0n) is 14.7. The van der Waals surface area contributed by atoms with Crippen molar-refractivity contribution in [2.24, 2.45) is 0 Å². The number of nitrogens with one attached hydrogen (secondary N) is 1. The van der Waals surface area contributed by atoms with Crippen LogP contribution in [0.4, 0.5) is 13.2 Å². The highest BCUT2D eigenvalue weighted by Crippen LogP contribution is 2.31. The number of carbonyl (C=O) groups excluding carboxylic acids is 1. The van der Waals surface area contributed by atoms with E-state index < -0.39 is 29.3 Å². The smallest absolute Gasteiger partial charge is 0.350 e. The van der Waals surface area contributed by atoms with Gasteiger partial charge in [-0.05, 0) is 36.6 Å². The molecule has 0 saturated heterocycles. The minimum absolute atomic E-state index is 0.0498. The summed E-state index contributed by atoms with van der Waals surface area (Å²) in [5, 5.41) is 8.64. The lowest BCUT2D eigenvalue weighted by Gasteiger charge is -2.17. The first-order valence-electron chi connectivity index (χ1n) is 8.35. The van der Waals surface area contributed by atoms with Crippen LogP contribution in [0.15, 0.2) is 58.7 Å². The highest BCUT2D eigenvalue weighted by Gasteiger charge is 2.34. The summed E-state index contributed by atoms with van der Waals surface area (Å²) in [4.78, 5) is 25.3. The number of hydrogen-bond acceptors (Lipinski definition) is 4. The second-order valence-corrected chi connectivity index (χ2v) is 7.03. The molecule has 0 aliphatic heterocycles. The van der Waals surface area contributed by atoms with Crippen molar-refractivity contribution in [1.82, 2.24) is 15.1 Å². The fourth-order valence-electron chi connectivity index (χ4n) is 2.65. The summed E-state index contributed by atoms with van der Waals surface area (Å²) in [6, 6.07) is 10.7. The minimum Gasteiger partial charge on any atom is -0.350 e. The molecule has 0 aliphatic rings. The normalized spacial score (nSPS) is 12.6. The maximum atomic E-state index is 13.1. The van der Waals surface area contributed by atoms with Crippen LogP contribution in [0.1, 0.15) is 28.9 Å². The molecule has 1 aromatic carbocycles. The van der Waals surface area contributed by atoms with Crippen molar-refractivity contribution in [3.63, 3.8) is 0 Å². The molecule has 2 aromatic heterocycles. The molecule has 0 bridgehead atoms. The van der Waals surface area contributed by atoms with E-state index in [0.717, 1.165) is 17.0 Å². The van der Waals surface area contributed by atoms with Crippen LogP contribution in [-0.4, -0.2) is 22.2 Å². The molecule has 2 heterocycles. The van der Waals surface area contributed by atoms with Gasteiger partial charge in [-0.25, -0.2) is 4.68 Å². The lowest BCUT2D eigenvalue weighted by Crippen LogP contribution is -2.35. The van der Waals surface area contributed by atoms with E-state index in [4.69, 9.17) is 0 Å². The molecule has 1 amide bonds. The topological polar surface area (TPSA) is 64.0 Å². The molecular formula is C19H16F3N3O2S. The van der Waals surface area contributed by atoms with E-state index in [-0.39, 0.29) is 12.1 Å². The van der Waals surface area contributed by atoms with E-state index in [1.807, 2.05) is 17.5 Å². The quantitative estimate of drug-likeness (QED) is 0.696. The van der Waals surface area contributed by atoms with Crippen molar-refractivity contribution < 1.29 is 18.0 Å². The van der Waals surface area contributed by atoms with Crippen molar-refractivity contribution >= 4 is 17.2 Å². The van der Waals surface area contributed by atoms with E-state index in [0.29, 0.717) is 5.69 Å². The van der Waals surface area contributed by atoms with Crippen molar-refractivity contribution in [2.75, 3.05) is 6.54 Å². The molecule has 3 rings (SSSR count). The molecule has 3 aromatic rings. The predicted octanol–water partition coefficient (Wildman–Crippen LogP) is 3.98. The maximum absolute atomic E-state index is 13.1. The van der Waals surface area contributed by atoms with Crippen molar-refractivity contribution in [3.05, 3.63) is 75.4 Å². The SMILES string of the molecule is CC(CNC(=O)c1ccccc1C(F)(F)F)n1nc(-c2cccs2)ccc1=O. The van der Waals surface area contributed by atoms with Gasteiger partial charge in [-0.1, -0.05) is 18.2 Å². The number of carbonyl (C=O) groups is 1. The summed E-state index contributed by atoms with van der Waals surface area (Å²) in [6.07, 6.45) is -4.63. The first kappa shape index (κ1) is 19.8. The highest BCUT2D eigenvalue weighted by atomic mass is 32.1. The van der Waals surface area contributed by atoms with Crippen molar-refractivity contribution in [1.29, 1.82) is 0 Å². The number of alkyl halides is 3. The van der Waals surface area contributed by atoms with Crippen LogP contribution in [0.5, 0.6) is 0 Å². The molecule has 146 valence electrons. The average molecular weight is 407 g/mol. The Kier molecular flexibility index (Phi) is 5.64. The summed E-state index contributed by atoms with van der Waals surface area (Å²) in [5.74, 6) is -0.859. The average Bonchev–Trinajstić information content (AvgIpc) is 3.20. The Morgan fingerprint density at radius 3 is 2.61 bits per heavy atom. The molecule has 0 fully saturated rings. The molecular weight excluding hydrogens is 391 g/mol. The Balaban J connectivity index is 1.76. The molecule has 1 atom stereocenters. The van der Waals surface area contributed by atoms with Crippen molar-refractivity contribution in [2.45, 2.75) is 19.1 Å².